The minimum atomic E-state index is 0. The smallest absolute Gasteiger partial charge is 0.0116 e. The number of thiophene rings is 1. The minimum Gasteiger partial charge on any atom is -0.330 e. The maximum absolute atomic E-state index is 6.00. The van der Waals surface area contributed by atoms with Crippen LogP contribution in [0.2, 0.25) is 0 Å². The van der Waals surface area contributed by atoms with Crippen LogP contribution in [0.15, 0.2) is 17.5 Å². The van der Waals surface area contributed by atoms with Crippen molar-refractivity contribution in [1.82, 2.24) is 0 Å². The van der Waals surface area contributed by atoms with Crippen molar-refractivity contribution in [2.45, 2.75) is 43.9 Å². The molecular formula is C16H24ClNS. The molecule has 4 aliphatic rings. The number of hydrogen-bond donors (Lipinski definition) is 1. The summed E-state index contributed by atoms with van der Waals surface area (Å²) < 4.78 is 0. The van der Waals surface area contributed by atoms with Crippen molar-refractivity contribution < 1.29 is 0 Å². The molecule has 0 radical (unpaired) electrons. The molecule has 0 unspecified atom stereocenters. The third-order valence-corrected chi connectivity index (χ3v) is 7.20. The van der Waals surface area contributed by atoms with E-state index in [1.165, 1.54) is 38.5 Å². The van der Waals surface area contributed by atoms with Gasteiger partial charge in [0.1, 0.15) is 0 Å². The van der Waals surface area contributed by atoms with E-state index in [9.17, 15) is 0 Å². The molecule has 1 aromatic heterocycles. The first-order valence-electron chi connectivity index (χ1n) is 7.57. The predicted molar refractivity (Wildman–Crippen MR) is 84.0 cm³/mol. The fraction of sp³-hybridized carbons (Fsp3) is 0.750. The molecule has 1 aromatic rings. The molecule has 0 aromatic carbocycles. The third-order valence-electron chi connectivity index (χ3n) is 6.13. The normalized spacial score (nSPS) is 43.2. The van der Waals surface area contributed by atoms with Crippen molar-refractivity contribution in [3.63, 3.8) is 0 Å². The topological polar surface area (TPSA) is 26.0 Å². The summed E-state index contributed by atoms with van der Waals surface area (Å²) in [5.74, 6) is 3.99. The van der Waals surface area contributed by atoms with Crippen molar-refractivity contribution in [3.8, 4) is 0 Å². The largest absolute Gasteiger partial charge is 0.330 e. The fourth-order valence-electron chi connectivity index (χ4n) is 5.74. The van der Waals surface area contributed by atoms with Gasteiger partial charge < -0.3 is 5.73 Å². The molecule has 19 heavy (non-hydrogen) atoms. The van der Waals surface area contributed by atoms with Crippen molar-refractivity contribution in [2.75, 3.05) is 6.54 Å². The second-order valence-corrected chi connectivity index (χ2v) is 7.81. The van der Waals surface area contributed by atoms with Crippen molar-refractivity contribution in [1.29, 1.82) is 0 Å². The first-order valence-corrected chi connectivity index (χ1v) is 8.45. The summed E-state index contributed by atoms with van der Waals surface area (Å²) in [6.07, 6.45) is 8.73. The van der Waals surface area contributed by atoms with Crippen LogP contribution in [-0.2, 0) is 5.41 Å². The van der Waals surface area contributed by atoms with Crippen molar-refractivity contribution in [2.24, 2.45) is 29.4 Å². The molecule has 1 nitrogen and oxygen atoms in total. The van der Waals surface area contributed by atoms with Gasteiger partial charge in [-0.05, 0) is 80.2 Å². The summed E-state index contributed by atoms with van der Waals surface area (Å²) >= 11 is 1.99. The molecule has 0 spiro atoms. The van der Waals surface area contributed by atoms with Crippen LogP contribution in [0.5, 0.6) is 0 Å². The summed E-state index contributed by atoms with van der Waals surface area (Å²) in [6, 6.07) is 4.63. The van der Waals surface area contributed by atoms with E-state index in [0.717, 1.165) is 30.2 Å². The summed E-state index contributed by atoms with van der Waals surface area (Å²) in [4.78, 5) is 1.65. The molecule has 4 fully saturated rings. The van der Waals surface area contributed by atoms with Gasteiger partial charge >= 0.3 is 0 Å². The Morgan fingerprint density at radius 2 is 1.74 bits per heavy atom. The second kappa shape index (κ2) is 5.05. The van der Waals surface area contributed by atoms with E-state index in [-0.39, 0.29) is 12.4 Å². The Labute approximate surface area is 126 Å². The van der Waals surface area contributed by atoms with Crippen LogP contribution in [0.1, 0.15) is 43.4 Å². The maximum atomic E-state index is 6.00. The van der Waals surface area contributed by atoms with Crippen LogP contribution in [0.25, 0.3) is 0 Å². The Morgan fingerprint density at radius 1 is 1.11 bits per heavy atom. The molecule has 4 aliphatic carbocycles. The molecular weight excluding hydrogens is 274 g/mol. The molecule has 0 amide bonds. The van der Waals surface area contributed by atoms with E-state index in [2.05, 4.69) is 17.5 Å². The maximum Gasteiger partial charge on any atom is 0.0116 e. The van der Waals surface area contributed by atoms with Gasteiger partial charge in [0.05, 0.1) is 0 Å². The Kier molecular flexibility index (Phi) is 3.70. The van der Waals surface area contributed by atoms with Gasteiger partial charge in [-0.25, -0.2) is 0 Å². The molecule has 2 N–H and O–H groups in total. The first kappa shape index (κ1) is 13.9. The Bertz CT molecular complexity index is 400. The lowest BCUT2D eigenvalue weighted by molar-refractivity contribution is -0.0622. The SMILES string of the molecule is Cl.NCCC1(c2cccs2)C2CC3CC(C2)CC1C3. The second-order valence-electron chi connectivity index (χ2n) is 6.86. The van der Waals surface area contributed by atoms with Gasteiger partial charge in [0, 0.05) is 10.3 Å². The van der Waals surface area contributed by atoms with E-state index >= 15 is 0 Å². The zero-order valence-corrected chi connectivity index (χ0v) is 13.0. The van der Waals surface area contributed by atoms with Gasteiger partial charge in [-0.15, -0.1) is 23.7 Å². The lowest BCUT2D eigenvalue weighted by Gasteiger charge is -2.61. The van der Waals surface area contributed by atoms with Crippen LogP contribution in [0.3, 0.4) is 0 Å². The van der Waals surface area contributed by atoms with Crippen LogP contribution in [-0.4, -0.2) is 6.54 Å². The highest BCUT2D eigenvalue weighted by Crippen LogP contribution is 2.64. The van der Waals surface area contributed by atoms with Gasteiger partial charge in [0.2, 0.25) is 0 Å². The van der Waals surface area contributed by atoms with Crippen LogP contribution < -0.4 is 5.73 Å². The van der Waals surface area contributed by atoms with E-state index in [1.807, 2.05) is 11.3 Å². The molecule has 4 bridgehead atoms. The molecule has 5 rings (SSSR count). The van der Waals surface area contributed by atoms with Gasteiger partial charge in [-0.1, -0.05) is 6.07 Å². The van der Waals surface area contributed by atoms with Crippen LogP contribution >= 0.6 is 23.7 Å². The van der Waals surface area contributed by atoms with E-state index in [4.69, 9.17) is 5.73 Å². The highest BCUT2D eigenvalue weighted by molar-refractivity contribution is 7.10. The summed E-state index contributed by atoms with van der Waals surface area (Å²) in [7, 11) is 0. The third kappa shape index (κ3) is 1.91. The van der Waals surface area contributed by atoms with Gasteiger partial charge in [-0.2, -0.15) is 0 Å². The molecule has 0 saturated heterocycles. The quantitative estimate of drug-likeness (QED) is 0.888. The van der Waals surface area contributed by atoms with Gasteiger partial charge in [0.25, 0.3) is 0 Å². The molecule has 1 heterocycles. The van der Waals surface area contributed by atoms with Gasteiger partial charge in [0.15, 0.2) is 0 Å². The van der Waals surface area contributed by atoms with Crippen molar-refractivity contribution in [3.05, 3.63) is 22.4 Å². The number of halogens is 1. The number of hydrogen-bond acceptors (Lipinski definition) is 2. The van der Waals surface area contributed by atoms with Gasteiger partial charge in [-0.3, -0.25) is 0 Å². The van der Waals surface area contributed by atoms with E-state index < -0.39 is 0 Å². The Morgan fingerprint density at radius 3 is 2.21 bits per heavy atom. The zero-order chi connectivity index (χ0) is 12.2. The number of rotatable bonds is 3. The molecule has 3 heteroatoms. The summed E-state index contributed by atoms with van der Waals surface area (Å²) in [5.41, 5.74) is 6.47. The van der Waals surface area contributed by atoms with Crippen LogP contribution in [0, 0.1) is 23.7 Å². The minimum absolute atomic E-state index is 0. The monoisotopic (exact) mass is 297 g/mol. The Balaban J connectivity index is 0.00000110. The average molecular weight is 298 g/mol. The Hall–Kier alpha value is -0.0500. The summed E-state index contributed by atoms with van der Waals surface area (Å²) in [6.45, 7) is 0.861. The average Bonchev–Trinajstić information content (AvgIpc) is 2.87. The zero-order valence-electron chi connectivity index (χ0n) is 11.4. The molecule has 4 saturated carbocycles. The highest BCUT2D eigenvalue weighted by atomic mass is 35.5. The predicted octanol–water partition coefficient (Wildman–Crippen LogP) is 4.21. The lowest BCUT2D eigenvalue weighted by Crippen LogP contribution is -2.55. The van der Waals surface area contributed by atoms with E-state index in [0.29, 0.717) is 5.41 Å². The highest BCUT2D eigenvalue weighted by Gasteiger charge is 2.57. The van der Waals surface area contributed by atoms with Crippen LogP contribution in [0.4, 0.5) is 0 Å². The standard InChI is InChI=1S/C16H23NS.ClH/c17-4-3-16(15-2-1-5-18-15)13-7-11-6-12(9-13)10-14(16)8-11;/h1-2,5,11-14H,3-4,6-10,17H2;1H. The first-order chi connectivity index (χ1) is 8.83. The summed E-state index contributed by atoms with van der Waals surface area (Å²) in [5, 5.41) is 2.26. The lowest BCUT2D eigenvalue weighted by atomic mass is 9.44. The molecule has 0 aliphatic heterocycles. The molecule has 106 valence electrons. The van der Waals surface area contributed by atoms with E-state index in [1.54, 1.807) is 4.88 Å². The van der Waals surface area contributed by atoms with Crippen molar-refractivity contribution >= 4 is 23.7 Å². The number of nitrogens with two attached hydrogens (primary N) is 1. The fourth-order valence-corrected chi connectivity index (χ4v) is 6.86. The molecule has 0 atom stereocenters.